The summed E-state index contributed by atoms with van der Waals surface area (Å²) in [5.74, 6) is 0.0520. The molecule has 2 aromatic rings. The minimum Gasteiger partial charge on any atom is -0.293 e. The fourth-order valence-corrected chi connectivity index (χ4v) is 1.56. The van der Waals surface area contributed by atoms with Gasteiger partial charge in [0.15, 0.2) is 5.78 Å². The SMILES string of the molecule is CC(=O)c1c2ccccc2nn1C. The number of aromatic nitrogens is 2. The number of carbonyl (C=O) groups is 1. The number of aryl methyl sites for hydroxylation is 1. The van der Waals surface area contributed by atoms with Crippen LogP contribution in [0.1, 0.15) is 17.4 Å². The summed E-state index contributed by atoms with van der Waals surface area (Å²) in [6, 6.07) is 7.65. The quantitative estimate of drug-likeness (QED) is 0.617. The van der Waals surface area contributed by atoms with Gasteiger partial charge in [-0.3, -0.25) is 9.48 Å². The molecule has 0 fully saturated rings. The Morgan fingerprint density at radius 1 is 1.38 bits per heavy atom. The van der Waals surface area contributed by atoms with Crippen LogP contribution < -0.4 is 0 Å². The molecule has 2 rings (SSSR count). The highest BCUT2D eigenvalue weighted by Gasteiger charge is 2.11. The third kappa shape index (κ3) is 1.13. The lowest BCUT2D eigenvalue weighted by atomic mass is 10.2. The van der Waals surface area contributed by atoms with Gasteiger partial charge in [-0.1, -0.05) is 18.2 Å². The molecule has 0 atom stereocenters. The van der Waals surface area contributed by atoms with Gasteiger partial charge in [0.05, 0.1) is 5.52 Å². The number of ketones is 1. The number of carbonyl (C=O) groups excluding carboxylic acids is 1. The fraction of sp³-hybridized carbons (Fsp3) is 0.200. The Balaban J connectivity index is 2.86. The molecule has 0 aliphatic carbocycles. The number of Topliss-reactive ketones (excluding diaryl/α,β-unsaturated/α-hetero) is 1. The molecular weight excluding hydrogens is 164 g/mol. The predicted molar refractivity (Wildman–Crippen MR) is 50.7 cm³/mol. The van der Waals surface area contributed by atoms with E-state index in [1.54, 1.807) is 18.7 Å². The normalized spacial score (nSPS) is 10.6. The average Bonchev–Trinajstić information content (AvgIpc) is 2.39. The Hall–Kier alpha value is -1.64. The maximum atomic E-state index is 11.3. The van der Waals surface area contributed by atoms with E-state index in [9.17, 15) is 4.79 Å². The van der Waals surface area contributed by atoms with E-state index in [0.29, 0.717) is 5.69 Å². The molecule has 3 nitrogen and oxygen atoms in total. The zero-order chi connectivity index (χ0) is 9.42. The van der Waals surface area contributed by atoms with Crippen LogP contribution in [0.5, 0.6) is 0 Å². The van der Waals surface area contributed by atoms with Crippen molar-refractivity contribution in [2.24, 2.45) is 7.05 Å². The third-order valence-electron chi connectivity index (χ3n) is 2.07. The standard InChI is InChI=1S/C10H10N2O/c1-7(13)10-8-5-3-4-6-9(8)11-12(10)2/h3-6H,1-2H3. The summed E-state index contributed by atoms with van der Waals surface area (Å²) in [6.07, 6.45) is 0. The number of hydrogen-bond donors (Lipinski definition) is 0. The van der Waals surface area contributed by atoms with Crippen LogP contribution in [0.4, 0.5) is 0 Å². The van der Waals surface area contributed by atoms with E-state index >= 15 is 0 Å². The second kappa shape index (κ2) is 2.69. The lowest BCUT2D eigenvalue weighted by molar-refractivity contribution is 0.101. The van der Waals surface area contributed by atoms with Gasteiger partial charge < -0.3 is 0 Å². The summed E-state index contributed by atoms with van der Waals surface area (Å²) in [5, 5.41) is 5.16. The van der Waals surface area contributed by atoms with Gasteiger partial charge in [-0.25, -0.2) is 0 Å². The molecule has 13 heavy (non-hydrogen) atoms. The number of benzene rings is 1. The fourth-order valence-electron chi connectivity index (χ4n) is 1.56. The molecule has 0 spiro atoms. The Morgan fingerprint density at radius 3 is 2.77 bits per heavy atom. The summed E-state index contributed by atoms with van der Waals surface area (Å²) in [6.45, 7) is 1.56. The Labute approximate surface area is 76.0 Å². The van der Waals surface area contributed by atoms with Crippen molar-refractivity contribution in [3.63, 3.8) is 0 Å². The van der Waals surface area contributed by atoms with Crippen LogP contribution in [0.25, 0.3) is 10.9 Å². The minimum atomic E-state index is 0.0520. The smallest absolute Gasteiger partial charge is 0.178 e. The van der Waals surface area contributed by atoms with Crippen molar-refractivity contribution in [2.45, 2.75) is 6.92 Å². The molecular formula is C10H10N2O. The minimum absolute atomic E-state index is 0.0520. The highest BCUT2D eigenvalue weighted by Crippen LogP contribution is 2.17. The second-order valence-electron chi connectivity index (χ2n) is 3.05. The number of rotatable bonds is 1. The molecule has 0 aliphatic rings. The van der Waals surface area contributed by atoms with E-state index in [0.717, 1.165) is 10.9 Å². The predicted octanol–water partition coefficient (Wildman–Crippen LogP) is 1.78. The van der Waals surface area contributed by atoms with Gasteiger partial charge >= 0.3 is 0 Å². The van der Waals surface area contributed by atoms with E-state index < -0.39 is 0 Å². The highest BCUT2D eigenvalue weighted by atomic mass is 16.1. The van der Waals surface area contributed by atoms with Crippen LogP contribution in [-0.4, -0.2) is 15.6 Å². The van der Waals surface area contributed by atoms with Gasteiger partial charge in [0.1, 0.15) is 5.69 Å². The number of fused-ring (bicyclic) bond motifs is 1. The molecule has 66 valence electrons. The van der Waals surface area contributed by atoms with Crippen LogP contribution >= 0.6 is 0 Å². The summed E-state index contributed by atoms with van der Waals surface area (Å²) < 4.78 is 1.63. The zero-order valence-electron chi connectivity index (χ0n) is 7.61. The van der Waals surface area contributed by atoms with Gasteiger partial charge in [0, 0.05) is 19.4 Å². The first-order valence-corrected chi connectivity index (χ1v) is 4.13. The monoisotopic (exact) mass is 174 g/mol. The molecule has 0 aliphatic heterocycles. The molecule has 0 saturated carbocycles. The van der Waals surface area contributed by atoms with Crippen molar-refractivity contribution in [2.75, 3.05) is 0 Å². The summed E-state index contributed by atoms with van der Waals surface area (Å²) >= 11 is 0. The summed E-state index contributed by atoms with van der Waals surface area (Å²) in [7, 11) is 1.79. The molecule has 0 saturated heterocycles. The first-order valence-electron chi connectivity index (χ1n) is 4.13. The first-order chi connectivity index (χ1) is 6.20. The van der Waals surface area contributed by atoms with Crippen LogP contribution in [0.2, 0.25) is 0 Å². The van der Waals surface area contributed by atoms with Crippen LogP contribution in [0.15, 0.2) is 24.3 Å². The molecule has 0 N–H and O–H groups in total. The number of nitrogens with zero attached hydrogens (tertiary/aromatic N) is 2. The average molecular weight is 174 g/mol. The Bertz CT molecular complexity index is 471. The van der Waals surface area contributed by atoms with Crippen LogP contribution in [0.3, 0.4) is 0 Å². The molecule has 1 aromatic heterocycles. The maximum Gasteiger partial charge on any atom is 0.178 e. The molecule has 3 heteroatoms. The topological polar surface area (TPSA) is 34.9 Å². The third-order valence-corrected chi connectivity index (χ3v) is 2.07. The van der Waals surface area contributed by atoms with Gasteiger partial charge in [0.2, 0.25) is 0 Å². The summed E-state index contributed by atoms with van der Waals surface area (Å²) in [4.78, 5) is 11.3. The van der Waals surface area contributed by atoms with Crippen molar-refractivity contribution in [1.82, 2.24) is 9.78 Å². The highest BCUT2D eigenvalue weighted by molar-refractivity contribution is 6.04. The lowest BCUT2D eigenvalue weighted by Crippen LogP contribution is -2.02. The van der Waals surface area contributed by atoms with Crippen LogP contribution in [0, 0.1) is 0 Å². The van der Waals surface area contributed by atoms with E-state index in [1.807, 2.05) is 24.3 Å². The summed E-state index contributed by atoms with van der Waals surface area (Å²) in [5.41, 5.74) is 1.55. The Kier molecular flexibility index (Phi) is 1.65. The van der Waals surface area contributed by atoms with E-state index in [1.165, 1.54) is 0 Å². The molecule has 0 radical (unpaired) electrons. The van der Waals surface area contributed by atoms with Crippen LogP contribution in [-0.2, 0) is 7.05 Å². The van der Waals surface area contributed by atoms with E-state index in [4.69, 9.17) is 0 Å². The van der Waals surface area contributed by atoms with Gasteiger partial charge in [0.25, 0.3) is 0 Å². The van der Waals surface area contributed by atoms with Crippen molar-refractivity contribution >= 4 is 16.7 Å². The van der Waals surface area contributed by atoms with Gasteiger partial charge in [-0.05, 0) is 6.07 Å². The van der Waals surface area contributed by atoms with Gasteiger partial charge in [-0.15, -0.1) is 0 Å². The Morgan fingerprint density at radius 2 is 2.08 bits per heavy atom. The molecule has 0 bridgehead atoms. The largest absolute Gasteiger partial charge is 0.293 e. The number of hydrogen-bond acceptors (Lipinski definition) is 2. The maximum absolute atomic E-state index is 11.3. The first kappa shape index (κ1) is 7.98. The van der Waals surface area contributed by atoms with E-state index in [2.05, 4.69) is 5.10 Å². The van der Waals surface area contributed by atoms with Crippen molar-refractivity contribution in [3.05, 3.63) is 30.0 Å². The molecule has 0 unspecified atom stereocenters. The van der Waals surface area contributed by atoms with E-state index in [-0.39, 0.29) is 5.78 Å². The zero-order valence-corrected chi connectivity index (χ0v) is 7.61. The van der Waals surface area contributed by atoms with Gasteiger partial charge in [-0.2, -0.15) is 5.10 Å². The van der Waals surface area contributed by atoms with Crippen molar-refractivity contribution in [3.8, 4) is 0 Å². The molecule has 1 heterocycles. The lowest BCUT2D eigenvalue weighted by Gasteiger charge is -1.94. The second-order valence-corrected chi connectivity index (χ2v) is 3.05. The van der Waals surface area contributed by atoms with Crippen molar-refractivity contribution < 1.29 is 4.79 Å². The molecule has 1 aromatic carbocycles. The van der Waals surface area contributed by atoms with Crippen molar-refractivity contribution in [1.29, 1.82) is 0 Å². The molecule has 0 amide bonds.